The summed E-state index contributed by atoms with van der Waals surface area (Å²) in [6, 6.07) is 34.9. The monoisotopic (exact) mass is 420 g/mol. The van der Waals surface area contributed by atoms with Crippen molar-refractivity contribution >= 4 is 0 Å². The molecule has 0 aromatic heterocycles. The van der Waals surface area contributed by atoms with Gasteiger partial charge in [0.25, 0.3) is 0 Å². The molecule has 0 heterocycles. The minimum Gasteiger partial charge on any atom is -0.0622 e. The lowest BCUT2D eigenvalue weighted by molar-refractivity contribution is 0.951. The standard InChI is InChI=1S/C18H22.C14H14/c1-13-7-14(2)10-17(9-13)5-6-18-11-15(3)8-16(4)12-18;1-3-7-13(8-4-1)11-12-14-9-5-2-6-10-14/h7-12H,5-6H2,1-4H3;1-10H,11-12H2. The number of benzene rings is 4. The summed E-state index contributed by atoms with van der Waals surface area (Å²) < 4.78 is 0. The molecule has 0 nitrogen and oxygen atoms in total. The van der Waals surface area contributed by atoms with Crippen LogP contribution in [-0.4, -0.2) is 0 Å². The van der Waals surface area contributed by atoms with E-state index in [4.69, 9.17) is 0 Å². The summed E-state index contributed by atoms with van der Waals surface area (Å²) in [5, 5.41) is 0. The topological polar surface area (TPSA) is 0 Å². The number of hydrogen-bond donors (Lipinski definition) is 0. The molecule has 0 N–H and O–H groups in total. The van der Waals surface area contributed by atoms with Crippen LogP contribution in [0.25, 0.3) is 0 Å². The molecule has 0 spiro atoms. The maximum atomic E-state index is 2.30. The van der Waals surface area contributed by atoms with E-state index >= 15 is 0 Å². The Kier molecular flexibility index (Phi) is 8.87. The second kappa shape index (κ2) is 12.1. The van der Waals surface area contributed by atoms with Gasteiger partial charge in [-0.15, -0.1) is 0 Å². The summed E-state index contributed by atoms with van der Waals surface area (Å²) >= 11 is 0. The van der Waals surface area contributed by atoms with Gasteiger partial charge in [-0.05, 0) is 75.6 Å². The molecule has 0 saturated carbocycles. The SMILES string of the molecule is Cc1cc(C)cc(CCc2cc(C)cc(C)c2)c1.c1ccc(CCc2ccccc2)cc1. The number of aryl methyl sites for hydroxylation is 8. The number of hydrogen-bond acceptors (Lipinski definition) is 0. The average Bonchev–Trinajstić information content (AvgIpc) is 2.77. The van der Waals surface area contributed by atoms with Crippen molar-refractivity contribution in [3.05, 3.63) is 142 Å². The van der Waals surface area contributed by atoms with E-state index in [1.807, 2.05) is 0 Å². The van der Waals surface area contributed by atoms with Gasteiger partial charge in [0.2, 0.25) is 0 Å². The van der Waals surface area contributed by atoms with Crippen molar-refractivity contribution in [1.82, 2.24) is 0 Å². The van der Waals surface area contributed by atoms with Crippen molar-refractivity contribution in [2.45, 2.75) is 53.4 Å². The maximum absolute atomic E-state index is 2.30. The molecular weight excluding hydrogens is 384 g/mol. The van der Waals surface area contributed by atoms with E-state index in [0.717, 1.165) is 25.7 Å². The van der Waals surface area contributed by atoms with E-state index in [2.05, 4.69) is 125 Å². The molecule has 0 saturated heterocycles. The molecule has 4 aromatic rings. The summed E-state index contributed by atoms with van der Waals surface area (Å²) in [6.07, 6.45) is 4.52. The van der Waals surface area contributed by atoms with Crippen LogP contribution in [0, 0.1) is 27.7 Å². The highest BCUT2D eigenvalue weighted by molar-refractivity contribution is 5.32. The van der Waals surface area contributed by atoms with Gasteiger partial charge in [-0.25, -0.2) is 0 Å². The van der Waals surface area contributed by atoms with Gasteiger partial charge in [0.05, 0.1) is 0 Å². The molecule has 4 rings (SSSR count). The average molecular weight is 421 g/mol. The zero-order valence-electron chi connectivity index (χ0n) is 20.1. The van der Waals surface area contributed by atoms with Crippen molar-refractivity contribution in [3.63, 3.8) is 0 Å². The van der Waals surface area contributed by atoms with Gasteiger partial charge in [0, 0.05) is 0 Å². The van der Waals surface area contributed by atoms with Gasteiger partial charge >= 0.3 is 0 Å². The first-order valence-corrected chi connectivity index (χ1v) is 11.7. The van der Waals surface area contributed by atoms with Crippen LogP contribution in [0.15, 0.2) is 97.1 Å². The van der Waals surface area contributed by atoms with Crippen LogP contribution in [0.3, 0.4) is 0 Å². The largest absolute Gasteiger partial charge is 0.0622 e. The minimum atomic E-state index is 1.13. The highest BCUT2D eigenvalue weighted by Gasteiger charge is 2.00. The van der Waals surface area contributed by atoms with E-state index in [0.29, 0.717) is 0 Å². The van der Waals surface area contributed by atoms with Crippen LogP contribution in [0.2, 0.25) is 0 Å². The van der Waals surface area contributed by atoms with E-state index in [1.165, 1.54) is 44.5 Å². The predicted octanol–water partition coefficient (Wildman–Crippen LogP) is 8.18. The van der Waals surface area contributed by atoms with Crippen molar-refractivity contribution < 1.29 is 0 Å². The quantitative estimate of drug-likeness (QED) is 0.295. The van der Waals surface area contributed by atoms with Gasteiger partial charge in [-0.2, -0.15) is 0 Å². The molecule has 0 aliphatic rings. The van der Waals surface area contributed by atoms with Crippen molar-refractivity contribution in [2.24, 2.45) is 0 Å². The molecule has 0 heteroatoms. The smallest absolute Gasteiger partial charge is 0.0238 e. The Balaban J connectivity index is 0.000000186. The Bertz CT molecular complexity index is 960. The van der Waals surface area contributed by atoms with E-state index in [-0.39, 0.29) is 0 Å². The van der Waals surface area contributed by atoms with Crippen molar-refractivity contribution in [3.8, 4) is 0 Å². The summed E-state index contributed by atoms with van der Waals surface area (Å²) in [5.41, 5.74) is 11.2. The van der Waals surface area contributed by atoms with Crippen molar-refractivity contribution in [1.29, 1.82) is 0 Å². The fourth-order valence-corrected chi connectivity index (χ4v) is 4.29. The maximum Gasteiger partial charge on any atom is -0.0238 e. The first-order chi connectivity index (χ1) is 15.5. The molecule has 0 amide bonds. The third kappa shape index (κ3) is 8.19. The van der Waals surface area contributed by atoms with Gasteiger partial charge in [-0.1, -0.05) is 119 Å². The Hall–Kier alpha value is -3.12. The molecule has 164 valence electrons. The third-order valence-electron chi connectivity index (χ3n) is 5.65. The minimum absolute atomic E-state index is 1.13. The molecule has 0 aliphatic carbocycles. The molecule has 4 aromatic carbocycles. The summed E-state index contributed by atoms with van der Waals surface area (Å²) in [5.74, 6) is 0. The zero-order valence-corrected chi connectivity index (χ0v) is 20.1. The molecule has 0 atom stereocenters. The van der Waals surface area contributed by atoms with E-state index < -0.39 is 0 Å². The van der Waals surface area contributed by atoms with E-state index in [1.54, 1.807) is 0 Å². The third-order valence-corrected chi connectivity index (χ3v) is 5.65. The van der Waals surface area contributed by atoms with Crippen molar-refractivity contribution in [2.75, 3.05) is 0 Å². The molecular formula is C32H36. The molecule has 0 aliphatic heterocycles. The molecule has 0 fully saturated rings. The molecule has 32 heavy (non-hydrogen) atoms. The lowest BCUT2D eigenvalue weighted by Gasteiger charge is -2.07. The second-order valence-electron chi connectivity index (χ2n) is 8.96. The van der Waals surface area contributed by atoms with E-state index in [9.17, 15) is 0 Å². The van der Waals surface area contributed by atoms with Crippen LogP contribution in [-0.2, 0) is 25.7 Å². The van der Waals surface area contributed by atoms with Crippen LogP contribution in [0.5, 0.6) is 0 Å². The molecule has 0 unspecified atom stereocenters. The van der Waals surface area contributed by atoms with Crippen LogP contribution in [0.4, 0.5) is 0 Å². The fourth-order valence-electron chi connectivity index (χ4n) is 4.29. The van der Waals surface area contributed by atoms with Gasteiger partial charge < -0.3 is 0 Å². The van der Waals surface area contributed by atoms with Gasteiger partial charge in [0.15, 0.2) is 0 Å². The van der Waals surface area contributed by atoms with Crippen LogP contribution in [0.1, 0.15) is 44.5 Å². The molecule has 0 bridgehead atoms. The first-order valence-electron chi connectivity index (χ1n) is 11.7. The van der Waals surface area contributed by atoms with Crippen LogP contribution >= 0.6 is 0 Å². The lowest BCUT2D eigenvalue weighted by atomic mass is 9.99. The Morgan fingerprint density at radius 3 is 0.938 bits per heavy atom. The Labute approximate surface area is 195 Å². The Morgan fingerprint density at radius 1 is 0.344 bits per heavy atom. The van der Waals surface area contributed by atoms with Gasteiger partial charge in [-0.3, -0.25) is 0 Å². The van der Waals surface area contributed by atoms with Crippen LogP contribution < -0.4 is 0 Å². The van der Waals surface area contributed by atoms with Gasteiger partial charge in [0.1, 0.15) is 0 Å². The lowest BCUT2D eigenvalue weighted by Crippen LogP contribution is -1.94. The highest BCUT2D eigenvalue weighted by Crippen LogP contribution is 2.14. The molecule has 0 radical (unpaired) electrons. The zero-order chi connectivity index (χ0) is 22.8. The summed E-state index contributed by atoms with van der Waals surface area (Å²) in [7, 11) is 0. The second-order valence-corrected chi connectivity index (χ2v) is 8.96. The fraction of sp³-hybridized carbons (Fsp3) is 0.250. The first kappa shape index (κ1) is 23.5. The highest BCUT2D eigenvalue weighted by atomic mass is 14.1. The summed E-state index contributed by atoms with van der Waals surface area (Å²) in [6.45, 7) is 8.70. The normalized spacial score (nSPS) is 10.4. The predicted molar refractivity (Wildman–Crippen MR) is 140 cm³/mol. The summed E-state index contributed by atoms with van der Waals surface area (Å²) in [4.78, 5) is 0. The number of rotatable bonds is 6. The Morgan fingerprint density at radius 2 is 0.625 bits per heavy atom.